The maximum absolute atomic E-state index is 10.8. The van der Waals surface area contributed by atoms with E-state index in [0.717, 1.165) is 0 Å². The van der Waals surface area contributed by atoms with Gasteiger partial charge in [-0.15, -0.1) is 0 Å². The Balaban J connectivity index is 0.00000144. The van der Waals surface area contributed by atoms with Crippen LogP contribution in [0.1, 0.15) is 0 Å². The van der Waals surface area contributed by atoms with E-state index in [1.165, 1.54) is 12.1 Å². The number of aromatic hydroxyl groups is 1. The standard InChI is InChI=1S/C12H9NO3.Rf/c14-12-8-4-2-6-10(12)9-5-1-3-7-11(9)13(15)16;/h1-8,14H;. The largest absolute Gasteiger partial charge is 0.507 e. The van der Waals surface area contributed by atoms with Crippen LogP contribution in [-0.4, -0.2) is 10.0 Å². The summed E-state index contributed by atoms with van der Waals surface area (Å²) < 4.78 is 0. The molecule has 4 nitrogen and oxygen atoms in total. The smallest absolute Gasteiger partial charge is 0.277 e. The van der Waals surface area contributed by atoms with E-state index in [1.807, 2.05) is 0 Å². The van der Waals surface area contributed by atoms with Gasteiger partial charge in [0.25, 0.3) is 5.69 Å². The van der Waals surface area contributed by atoms with E-state index >= 15 is 0 Å². The fraction of sp³-hybridized carbons (Fsp3) is 0. The Morgan fingerprint density at radius 1 is 0.941 bits per heavy atom. The molecule has 0 bridgehead atoms. The third kappa shape index (κ3) is 2.02. The Bertz CT molecular complexity index is 543. The van der Waals surface area contributed by atoms with Gasteiger partial charge in [-0.25, -0.2) is 0 Å². The van der Waals surface area contributed by atoms with E-state index < -0.39 is 4.92 Å². The van der Waals surface area contributed by atoms with E-state index in [9.17, 15) is 15.2 Å². The van der Waals surface area contributed by atoms with Crippen molar-refractivity contribution in [2.24, 2.45) is 0 Å². The third-order valence-corrected chi connectivity index (χ3v) is 2.29. The van der Waals surface area contributed by atoms with E-state index in [-0.39, 0.29) is 11.4 Å². The Morgan fingerprint density at radius 2 is 1.47 bits per heavy atom. The summed E-state index contributed by atoms with van der Waals surface area (Å²) in [5, 5.41) is 20.5. The van der Waals surface area contributed by atoms with Crippen LogP contribution in [0.4, 0.5) is 5.69 Å². The number of nitro groups is 1. The van der Waals surface area contributed by atoms with E-state index in [1.54, 1.807) is 36.4 Å². The van der Waals surface area contributed by atoms with Crippen molar-refractivity contribution < 1.29 is 10.0 Å². The first-order valence-electron chi connectivity index (χ1n) is 4.72. The van der Waals surface area contributed by atoms with Gasteiger partial charge in [0.05, 0.1) is 10.5 Å². The number of rotatable bonds is 2. The average Bonchev–Trinajstić information content (AvgIpc) is 2.29. The van der Waals surface area contributed by atoms with Crippen molar-refractivity contribution in [2.45, 2.75) is 0 Å². The zero-order chi connectivity index (χ0) is 11.5. The van der Waals surface area contributed by atoms with Gasteiger partial charge in [-0.05, 0) is 12.1 Å². The van der Waals surface area contributed by atoms with Crippen LogP contribution in [0.3, 0.4) is 0 Å². The quantitative estimate of drug-likeness (QED) is 0.529. The van der Waals surface area contributed by atoms with Gasteiger partial charge in [-0.1, -0.05) is 30.3 Å². The molecule has 0 aliphatic heterocycles. The summed E-state index contributed by atoms with van der Waals surface area (Å²) in [6, 6.07) is 12.9. The maximum Gasteiger partial charge on any atom is 0.277 e. The topological polar surface area (TPSA) is 63.4 Å². The number of phenolic OH excluding ortho intramolecular Hbond substituents is 1. The van der Waals surface area contributed by atoms with Gasteiger partial charge in [0.1, 0.15) is 5.75 Å². The van der Waals surface area contributed by atoms with Crippen molar-refractivity contribution in [3.05, 3.63) is 58.6 Å². The minimum atomic E-state index is -0.457. The minimum absolute atomic E-state index is 0. The van der Waals surface area contributed by atoms with Crippen molar-refractivity contribution >= 4 is 5.69 Å². The number of hydrogen-bond acceptors (Lipinski definition) is 3. The molecule has 0 atom stereocenters. The van der Waals surface area contributed by atoms with Crippen molar-refractivity contribution in [1.29, 1.82) is 0 Å². The van der Waals surface area contributed by atoms with Crippen LogP contribution in [0.2, 0.25) is 0 Å². The van der Waals surface area contributed by atoms with Gasteiger partial charge in [-0.2, -0.15) is 0 Å². The summed E-state index contributed by atoms with van der Waals surface area (Å²) in [5.74, 6) is 0.0387. The second-order valence-corrected chi connectivity index (χ2v) is 3.29. The van der Waals surface area contributed by atoms with Gasteiger partial charge in [0.15, 0.2) is 0 Å². The first-order chi connectivity index (χ1) is 7.70. The predicted octanol–water partition coefficient (Wildman–Crippen LogP) is 2.97. The molecular weight excluding hydrogens is 473 g/mol. The average molecular weight is 482 g/mol. The van der Waals surface area contributed by atoms with Crippen LogP contribution < -0.4 is 0 Å². The SMILES string of the molecule is O=[N+]([O-])c1ccccc1-c1ccccc1O.[Rf]. The summed E-state index contributed by atoms with van der Waals surface area (Å²) >= 11 is 0. The van der Waals surface area contributed by atoms with Gasteiger partial charge in [-0.3, -0.25) is 10.1 Å². The summed E-state index contributed by atoms with van der Waals surface area (Å²) in [6.45, 7) is 0. The summed E-state index contributed by atoms with van der Waals surface area (Å²) in [6.07, 6.45) is 0. The van der Waals surface area contributed by atoms with Crippen LogP contribution in [0.25, 0.3) is 11.1 Å². The molecule has 0 spiro atoms. The second kappa shape index (κ2) is 4.44. The second-order valence-electron chi connectivity index (χ2n) is 3.29. The number of para-hydroxylation sites is 2. The molecule has 0 aliphatic carbocycles. The molecule has 82 valence electrons. The molecular formula is C12H9NO3Rf. The van der Waals surface area contributed by atoms with Crippen LogP contribution in [0, 0.1) is 10.1 Å². The number of nitro benzene ring substituents is 1. The number of benzene rings is 2. The Morgan fingerprint density at radius 3 is 2.06 bits per heavy atom. The van der Waals surface area contributed by atoms with Gasteiger partial charge >= 0.3 is 0 Å². The Labute approximate surface area is 91.9 Å². The zero-order valence-corrected chi connectivity index (χ0v) is 15.4. The molecule has 2 aromatic carbocycles. The third-order valence-electron chi connectivity index (χ3n) is 2.29. The molecule has 5 heteroatoms. The predicted molar refractivity (Wildman–Crippen MR) is 60.2 cm³/mol. The summed E-state index contributed by atoms with van der Waals surface area (Å²) in [7, 11) is 0. The van der Waals surface area contributed by atoms with Gasteiger partial charge < -0.3 is 5.11 Å². The number of hydrogen-bond donors (Lipinski definition) is 1. The minimum Gasteiger partial charge on any atom is -0.507 e. The van der Waals surface area contributed by atoms with Gasteiger partial charge in [0.2, 0.25) is 0 Å². The normalized spacial score (nSPS) is 9.41. The first-order valence-corrected chi connectivity index (χ1v) is 4.72. The van der Waals surface area contributed by atoms with Gasteiger partial charge in [0, 0.05) is 11.6 Å². The molecule has 2 aromatic rings. The van der Waals surface area contributed by atoms with Crippen LogP contribution in [0.5, 0.6) is 5.75 Å². The molecule has 0 aliphatic rings. The number of phenols is 1. The van der Waals surface area contributed by atoms with Crippen molar-refractivity contribution in [2.75, 3.05) is 0 Å². The van der Waals surface area contributed by atoms with Crippen LogP contribution in [0.15, 0.2) is 48.5 Å². The van der Waals surface area contributed by atoms with E-state index in [4.69, 9.17) is 0 Å². The monoisotopic (exact) mass is 482 g/mol. The zero-order valence-electron chi connectivity index (χ0n) is 9.04. The molecule has 0 saturated heterocycles. The maximum atomic E-state index is 10.8. The van der Waals surface area contributed by atoms with Crippen LogP contribution in [-0.2, 0) is 0 Å². The molecule has 1 N–H and O–H groups in total. The van der Waals surface area contributed by atoms with E-state index in [0.29, 0.717) is 11.1 Å². The Kier molecular flexibility index (Phi) is 3.06. The van der Waals surface area contributed by atoms with Crippen molar-refractivity contribution in [3.63, 3.8) is 0 Å². The molecule has 0 fully saturated rings. The summed E-state index contributed by atoms with van der Waals surface area (Å²) in [5.41, 5.74) is 0.879. The van der Waals surface area contributed by atoms with Crippen LogP contribution >= 0.6 is 0 Å². The molecule has 0 aromatic heterocycles. The molecule has 0 saturated carbocycles. The number of nitrogens with zero attached hydrogens (tertiary/aromatic N) is 1. The first kappa shape index (κ1) is 11.7. The van der Waals surface area contributed by atoms with E-state index in [2.05, 4.69) is 0 Å². The molecule has 0 radical (unpaired) electrons. The van der Waals surface area contributed by atoms with Crippen molar-refractivity contribution in [1.82, 2.24) is 0 Å². The molecule has 0 heterocycles. The fourth-order valence-electron chi connectivity index (χ4n) is 1.56. The summed E-state index contributed by atoms with van der Waals surface area (Å²) in [4.78, 5) is 10.4. The fourth-order valence-corrected chi connectivity index (χ4v) is 1.56. The molecule has 0 unspecified atom stereocenters. The molecule has 0 amide bonds. The molecule has 2 rings (SSSR count). The molecule has 17 heavy (non-hydrogen) atoms. The Hall–Kier alpha value is -3.36. The van der Waals surface area contributed by atoms with Crippen molar-refractivity contribution in [3.8, 4) is 16.9 Å².